The molecule has 0 aliphatic carbocycles. The van der Waals surface area contributed by atoms with E-state index >= 15 is 0 Å². The number of hydrogen-bond acceptors (Lipinski definition) is 2. The predicted molar refractivity (Wildman–Crippen MR) is 102 cm³/mol. The topological polar surface area (TPSA) is 66.4 Å². The molecule has 1 amide bonds. The van der Waals surface area contributed by atoms with Crippen LogP contribution in [0, 0.1) is 5.92 Å². The molecule has 0 saturated heterocycles. The zero-order valence-electron chi connectivity index (χ0n) is 16.5. The number of carboxylic acids is 1. The highest BCUT2D eigenvalue weighted by molar-refractivity contribution is 5.82. The van der Waals surface area contributed by atoms with Gasteiger partial charge in [0.15, 0.2) is 0 Å². The van der Waals surface area contributed by atoms with Crippen LogP contribution >= 0.6 is 0 Å². The van der Waals surface area contributed by atoms with Gasteiger partial charge in [-0.1, -0.05) is 91.9 Å². The maximum absolute atomic E-state index is 12.1. The number of rotatable bonds is 15. The highest BCUT2D eigenvalue weighted by atomic mass is 16.4. The highest BCUT2D eigenvalue weighted by Crippen LogP contribution is 2.19. The van der Waals surface area contributed by atoms with Crippen LogP contribution in [0.2, 0.25) is 0 Å². The lowest BCUT2D eigenvalue weighted by Gasteiger charge is -2.16. The second kappa shape index (κ2) is 20.0. The first kappa shape index (κ1) is 25.2. The van der Waals surface area contributed by atoms with Crippen molar-refractivity contribution in [1.82, 2.24) is 5.32 Å². The monoisotopic (exact) mass is 343 g/mol. The standard InChI is InChI=1S/C18H35NO3.C2H6/c1-3-5-7-9-10-12-14-16(13-11-8-6-4-2)18(22)19-15-17(20)21;1-2/h16H,3-15H2,1-2H3,(H,19,22)(H,20,21);1-2H3. The van der Waals surface area contributed by atoms with Gasteiger partial charge < -0.3 is 10.4 Å². The number of unbranched alkanes of at least 4 members (excludes halogenated alkanes) is 8. The van der Waals surface area contributed by atoms with Crippen LogP contribution in [0.3, 0.4) is 0 Å². The first-order valence-electron chi connectivity index (χ1n) is 10.1. The molecule has 0 heterocycles. The predicted octanol–water partition coefficient (Wildman–Crippen LogP) is 5.55. The van der Waals surface area contributed by atoms with Crippen LogP contribution in [-0.4, -0.2) is 23.5 Å². The fourth-order valence-electron chi connectivity index (χ4n) is 2.70. The largest absolute Gasteiger partial charge is 0.480 e. The number of aliphatic carboxylic acids is 1. The van der Waals surface area contributed by atoms with Crippen LogP contribution in [0.5, 0.6) is 0 Å². The Morgan fingerprint density at radius 3 is 1.67 bits per heavy atom. The summed E-state index contributed by atoms with van der Waals surface area (Å²) in [5.74, 6) is -1.06. The number of amides is 1. The van der Waals surface area contributed by atoms with E-state index in [0.29, 0.717) is 0 Å². The average molecular weight is 344 g/mol. The second-order valence-corrected chi connectivity index (χ2v) is 6.21. The Hall–Kier alpha value is -1.06. The van der Waals surface area contributed by atoms with Gasteiger partial charge in [0.2, 0.25) is 5.91 Å². The Morgan fingerprint density at radius 2 is 1.21 bits per heavy atom. The van der Waals surface area contributed by atoms with E-state index in [0.717, 1.165) is 32.1 Å². The lowest BCUT2D eigenvalue weighted by atomic mass is 9.93. The van der Waals surface area contributed by atoms with Crippen molar-refractivity contribution in [2.45, 2.75) is 105 Å². The Morgan fingerprint density at radius 1 is 0.792 bits per heavy atom. The van der Waals surface area contributed by atoms with Gasteiger partial charge in [-0.25, -0.2) is 0 Å². The minimum absolute atomic E-state index is 0.0117. The van der Waals surface area contributed by atoms with Gasteiger partial charge in [-0.05, 0) is 12.8 Å². The molecule has 1 unspecified atom stereocenters. The average Bonchev–Trinajstić information content (AvgIpc) is 2.59. The van der Waals surface area contributed by atoms with Crippen LogP contribution < -0.4 is 5.32 Å². The third-order valence-corrected chi connectivity index (χ3v) is 4.10. The van der Waals surface area contributed by atoms with Crippen molar-refractivity contribution in [3.8, 4) is 0 Å². The Kier molecular flexibility index (Phi) is 21.0. The molecule has 0 aromatic carbocycles. The van der Waals surface area contributed by atoms with Crippen LogP contribution in [-0.2, 0) is 9.59 Å². The smallest absolute Gasteiger partial charge is 0.322 e. The Balaban J connectivity index is 0. The van der Waals surface area contributed by atoms with Crippen LogP contribution in [0.1, 0.15) is 105 Å². The molecule has 0 fully saturated rings. The van der Waals surface area contributed by atoms with E-state index in [1.54, 1.807) is 0 Å². The van der Waals surface area contributed by atoms with Crippen LogP contribution in [0.15, 0.2) is 0 Å². The maximum Gasteiger partial charge on any atom is 0.322 e. The minimum Gasteiger partial charge on any atom is -0.480 e. The summed E-state index contributed by atoms with van der Waals surface area (Å²) in [6, 6.07) is 0. The fraction of sp³-hybridized carbons (Fsp3) is 0.900. The molecule has 2 N–H and O–H groups in total. The first-order valence-corrected chi connectivity index (χ1v) is 10.1. The molecule has 0 radical (unpaired) electrons. The number of hydrogen-bond donors (Lipinski definition) is 2. The van der Waals surface area contributed by atoms with Gasteiger partial charge in [-0.2, -0.15) is 0 Å². The van der Waals surface area contributed by atoms with Gasteiger partial charge in [0.1, 0.15) is 6.54 Å². The summed E-state index contributed by atoms with van der Waals surface area (Å²) >= 11 is 0. The van der Waals surface area contributed by atoms with E-state index in [-0.39, 0.29) is 18.4 Å². The Labute approximate surface area is 149 Å². The molecule has 24 heavy (non-hydrogen) atoms. The van der Waals surface area contributed by atoms with Crippen LogP contribution in [0.4, 0.5) is 0 Å². The van der Waals surface area contributed by atoms with Gasteiger partial charge in [0, 0.05) is 5.92 Å². The number of carbonyl (C=O) groups is 2. The van der Waals surface area contributed by atoms with E-state index < -0.39 is 5.97 Å². The summed E-state index contributed by atoms with van der Waals surface area (Å²) in [5.41, 5.74) is 0. The number of nitrogens with one attached hydrogen (secondary N) is 1. The van der Waals surface area contributed by atoms with Crippen molar-refractivity contribution in [2.75, 3.05) is 6.54 Å². The molecule has 0 aromatic rings. The summed E-state index contributed by atoms with van der Waals surface area (Å²) in [6.07, 6.45) is 13.7. The zero-order valence-corrected chi connectivity index (χ0v) is 16.5. The molecule has 0 bridgehead atoms. The normalized spacial score (nSPS) is 11.3. The van der Waals surface area contributed by atoms with Gasteiger partial charge in [-0.3, -0.25) is 9.59 Å². The van der Waals surface area contributed by atoms with Crippen molar-refractivity contribution in [3.05, 3.63) is 0 Å². The van der Waals surface area contributed by atoms with E-state index in [2.05, 4.69) is 19.2 Å². The molecule has 0 aliphatic heterocycles. The van der Waals surface area contributed by atoms with E-state index in [4.69, 9.17) is 5.11 Å². The first-order chi connectivity index (χ1) is 11.6. The van der Waals surface area contributed by atoms with Gasteiger partial charge in [0.25, 0.3) is 0 Å². The molecule has 1 atom stereocenters. The molecular weight excluding hydrogens is 302 g/mol. The summed E-state index contributed by atoms with van der Waals surface area (Å²) < 4.78 is 0. The van der Waals surface area contributed by atoms with E-state index in [1.807, 2.05) is 13.8 Å². The zero-order chi connectivity index (χ0) is 18.6. The Bertz CT molecular complexity index is 293. The van der Waals surface area contributed by atoms with Crippen molar-refractivity contribution in [3.63, 3.8) is 0 Å². The fourth-order valence-corrected chi connectivity index (χ4v) is 2.70. The highest BCUT2D eigenvalue weighted by Gasteiger charge is 2.18. The molecule has 0 rings (SSSR count). The summed E-state index contributed by atoms with van der Waals surface area (Å²) in [7, 11) is 0. The summed E-state index contributed by atoms with van der Waals surface area (Å²) in [4.78, 5) is 22.7. The van der Waals surface area contributed by atoms with Crippen LogP contribution in [0.25, 0.3) is 0 Å². The van der Waals surface area contributed by atoms with Crippen molar-refractivity contribution < 1.29 is 14.7 Å². The molecule has 4 heteroatoms. The van der Waals surface area contributed by atoms with Gasteiger partial charge in [0.05, 0.1) is 0 Å². The van der Waals surface area contributed by atoms with Gasteiger partial charge >= 0.3 is 5.97 Å². The molecule has 0 aromatic heterocycles. The number of carboxylic acid groups (broad SMARTS) is 1. The second-order valence-electron chi connectivity index (χ2n) is 6.21. The summed E-state index contributed by atoms with van der Waals surface area (Å²) in [6.45, 7) is 8.12. The van der Waals surface area contributed by atoms with Crippen molar-refractivity contribution in [2.24, 2.45) is 5.92 Å². The van der Waals surface area contributed by atoms with E-state index in [9.17, 15) is 9.59 Å². The number of carbonyl (C=O) groups excluding carboxylic acids is 1. The lowest BCUT2D eigenvalue weighted by molar-refractivity contribution is -0.138. The molecule has 0 spiro atoms. The van der Waals surface area contributed by atoms with Crippen molar-refractivity contribution >= 4 is 11.9 Å². The molecule has 0 aliphatic rings. The third kappa shape index (κ3) is 17.3. The molecule has 144 valence electrons. The third-order valence-electron chi connectivity index (χ3n) is 4.10. The SMILES string of the molecule is CC.CCCCCCCCC(CCCCCC)C(=O)NCC(=O)O. The van der Waals surface area contributed by atoms with Crippen molar-refractivity contribution in [1.29, 1.82) is 0 Å². The molecule has 0 saturated carbocycles. The lowest BCUT2D eigenvalue weighted by Crippen LogP contribution is -2.34. The molecular formula is C20H41NO3. The maximum atomic E-state index is 12.1. The minimum atomic E-state index is -0.974. The van der Waals surface area contributed by atoms with E-state index in [1.165, 1.54) is 44.9 Å². The van der Waals surface area contributed by atoms with Gasteiger partial charge in [-0.15, -0.1) is 0 Å². The summed E-state index contributed by atoms with van der Waals surface area (Å²) in [5, 5.41) is 11.2. The molecule has 4 nitrogen and oxygen atoms in total. The quantitative estimate of drug-likeness (QED) is 0.383.